The maximum atomic E-state index is 14.1. The lowest BCUT2D eigenvalue weighted by molar-refractivity contribution is -0.140. The van der Waals surface area contributed by atoms with Crippen molar-refractivity contribution in [2.75, 3.05) is 0 Å². The predicted octanol–water partition coefficient (Wildman–Crippen LogP) is 5.06. The molecule has 182 valence electrons. The van der Waals surface area contributed by atoms with Crippen molar-refractivity contribution in [1.82, 2.24) is 4.72 Å². The van der Waals surface area contributed by atoms with Gasteiger partial charge in [0, 0.05) is 17.7 Å². The number of hydrogen-bond acceptors (Lipinski definition) is 3. The normalized spacial score (nSPS) is 15.9. The van der Waals surface area contributed by atoms with Crippen LogP contribution in [-0.2, 0) is 33.8 Å². The summed E-state index contributed by atoms with van der Waals surface area (Å²) in [7, 11) is -4.57. The van der Waals surface area contributed by atoms with Gasteiger partial charge in [-0.3, -0.25) is 0 Å². The molecule has 1 aliphatic carbocycles. The van der Waals surface area contributed by atoms with E-state index < -0.39 is 44.5 Å². The van der Waals surface area contributed by atoms with Gasteiger partial charge in [0.2, 0.25) is 10.0 Å². The Labute approximate surface area is 198 Å². The Morgan fingerprint density at radius 3 is 2.40 bits per heavy atom. The molecule has 1 unspecified atom stereocenters. The zero-order chi connectivity index (χ0) is 25.4. The second kappa shape index (κ2) is 9.27. The molecule has 0 saturated heterocycles. The molecular weight excluding hydrogens is 486 g/mol. The average molecular weight is 505 g/mol. The lowest BCUT2D eigenvalue weighted by Gasteiger charge is -2.18. The zero-order valence-corrected chi connectivity index (χ0v) is 18.8. The number of rotatable bonds is 6. The van der Waals surface area contributed by atoms with Crippen LogP contribution in [-0.4, -0.2) is 25.5 Å². The van der Waals surface area contributed by atoms with Crippen LogP contribution in [0.25, 0.3) is 17.2 Å². The molecule has 35 heavy (non-hydrogen) atoms. The van der Waals surface area contributed by atoms with E-state index in [9.17, 15) is 30.8 Å². The van der Waals surface area contributed by atoms with Gasteiger partial charge in [0.05, 0.1) is 10.5 Å². The van der Waals surface area contributed by atoms with E-state index in [1.807, 2.05) is 0 Å². The molecule has 3 aromatic rings. The minimum Gasteiger partial charge on any atom is -0.478 e. The first-order valence-electron chi connectivity index (χ1n) is 10.5. The van der Waals surface area contributed by atoms with Crippen molar-refractivity contribution in [2.24, 2.45) is 0 Å². The summed E-state index contributed by atoms with van der Waals surface area (Å²) < 4.78 is 84.0. The van der Waals surface area contributed by atoms with Crippen LogP contribution in [0.5, 0.6) is 0 Å². The Morgan fingerprint density at radius 2 is 1.71 bits per heavy atom. The smallest absolute Gasteiger partial charge is 0.417 e. The van der Waals surface area contributed by atoms with Crippen molar-refractivity contribution in [2.45, 2.75) is 30.0 Å². The molecule has 1 aliphatic rings. The molecule has 4 rings (SSSR count). The maximum absolute atomic E-state index is 14.1. The number of aliphatic carboxylic acids is 1. The Hall–Kier alpha value is -3.50. The third-order valence-corrected chi connectivity index (χ3v) is 7.24. The zero-order valence-electron chi connectivity index (χ0n) is 18.0. The molecule has 0 aliphatic heterocycles. The number of benzene rings is 3. The number of alkyl halides is 3. The SMILES string of the molecule is O=C(O)/C=C/c1ccc2c(c1)CC(NS(=O)(=O)c1ccc(-c3ccccc3F)cc1C(F)(F)F)C2. The van der Waals surface area contributed by atoms with E-state index in [1.165, 1.54) is 24.3 Å². The van der Waals surface area contributed by atoms with Crippen LogP contribution in [0.2, 0.25) is 0 Å². The number of carboxylic acid groups (broad SMARTS) is 1. The predicted molar refractivity (Wildman–Crippen MR) is 121 cm³/mol. The van der Waals surface area contributed by atoms with Gasteiger partial charge in [-0.1, -0.05) is 42.5 Å². The van der Waals surface area contributed by atoms with Gasteiger partial charge >= 0.3 is 12.1 Å². The van der Waals surface area contributed by atoms with Crippen molar-refractivity contribution in [3.63, 3.8) is 0 Å². The largest absolute Gasteiger partial charge is 0.478 e. The van der Waals surface area contributed by atoms with Crippen LogP contribution in [0.1, 0.15) is 22.3 Å². The van der Waals surface area contributed by atoms with Gasteiger partial charge in [0.15, 0.2) is 0 Å². The first-order chi connectivity index (χ1) is 16.4. The Bertz CT molecular complexity index is 1430. The lowest BCUT2D eigenvalue weighted by atomic mass is 10.0. The second-order valence-electron chi connectivity index (χ2n) is 8.11. The number of nitrogens with one attached hydrogen (secondary N) is 1. The molecule has 0 bridgehead atoms. The molecule has 0 spiro atoms. The highest BCUT2D eigenvalue weighted by molar-refractivity contribution is 7.89. The monoisotopic (exact) mass is 505 g/mol. The highest BCUT2D eigenvalue weighted by atomic mass is 32.2. The Kier molecular flexibility index (Phi) is 6.52. The number of sulfonamides is 1. The molecular formula is C25H19F4NO4S. The topological polar surface area (TPSA) is 83.5 Å². The third kappa shape index (κ3) is 5.44. The molecule has 1 atom stereocenters. The summed E-state index contributed by atoms with van der Waals surface area (Å²) in [5.41, 5.74) is 0.644. The molecule has 3 aromatic carbocycles. The summed E-state index contributed by atoms with van der Waals surface area (Å²) in [5.74, 6) is -1.84. The van der Waals surface area contributed by atoms with Gasteiger partial charge in [0.25, 0.3) is 0 Å². The van der Waals surface area contributed by atoms with Gasteiger partial charge in [-0.15, -0.1) is 0 Å². The fraction of sp³-hybridized carbons (Fsp3) is 0.160. The number of carboxylic acids is 1. The van der Waals surface area contributed by atoms with Crippen LogP contribution in [0.15, 0.2) is 71.6 Å². The standard InChI is InChI=1S/C25H19F4NO4S/c26-22-4-2-1-3-20(22)17-8-9-23(21(14-17)25(27,28)29)35(33,34)30-19-12-16-7-5-15(6-10-24(31)32)11-18(16)13-19/h1-11,14,19,30H,12-13H2,(H,31,32)/b10-6+. The molecule has 10 heteroatoms. The van der Waals surface area contributed by atoms with Crippen molar-refractivity contribution in [3.8, 4) is 11.1 Å². The highest BCUT2D eigenvalue weighted by Crippen LogP contribution is 2.38. The van der Waals surface area contributed by atoms with E-state index in [4.69, 9.17) is 5.11 Å². The number of halogens is 4. The van der Waals surface area contributed by atoms with Crippen molar-refractivity contribution >= 4 is 22.1 Å². The van der Waals surface area contributed by atoms with Gasteiger partial charge in [0.1, 0.15) is 5.82 Å². The van der Waals surface area contributed by atoms with Crippen molar-refractivity contribution in [1.29, 1.82) is 0 Å². The van der Waals surface area contributed by atoms with Crippen molar-refractivity contribution in [3.05, 3.63) is 94.8 Å². The molecule has 0 amide bonds. The molecule has 0 saturated carbocycles. The van der Waals surface area contributed by atoms with E-state index in [2.05, 4.69) is 4.72 Å². The van der Waals surface area contributed by atoms with E-state index in [0.717, 1.165) is 35.4 Å². The van der Waals surface area contributed by atoms with Crippen LogP contribution < -0.4 is 4.72 Å². The molecule has 0 heterocycles. The van der Waals surface area contributed by atoms with E-state index in [1.54, 1.807) is 18.2 Å². The quantitative estimate of drug-likeness (QED) is 0.363. The fourth-order valence-electron chi connectivity index (χ4n) is 4.12. The average Bonchev–Trinajstić information content (AvgIpc) is 3.17. The highest BCUT2D eigenvalue weighted by Gasteiger charge is 2.38. The Morgan fingerprint density at radius 1 is 1.00 bits per heavy atom. The maximum Gasteiger partial charge on any atom is 0.417 e. The van der Waals surface area contributed by atoms with Crippen LogP contribution in [0.4, 0.5) is 17.6 Å². The van der Waals surface area contributed by atoms with Crippen LogP contribution in [0, 0.1) is 5.82 Å². The summed E-state index contributed by atoms with van der Waals surface area (Å²) in [6, 6.07) is 12.4. The third-order valence-electron chi connectivity index (χ3n) is 5.66. The van der Waals surface area contributed by atoms with E-state index >= 15 is 0 Å². The molecule has 5 nitrogen and oxygen atoms in total. The first-order valence-corrected chi connectivity index (χ1v) is 11.9. The molecule has 2 N–H and O–H groups in total. The van der Waals surface area contributed by atoms with Gasteiger partial charge in [-0.2, -0.15) is 13.2 Å². The van der Waals surface area contributed by atoms with Crippen LogP contribution >= 0.6 is 0 Å². The number of carbonyl (C=O) groups is 1. The van der Waals surface area contributed by atoms with Gasteiger partial charge < -0.3 is 5.11 Å². The molecule has 0 aromatic heterocycles. The minimum atomic E-state index is -4.99. The number of fused-ring (bicyclic) bond motifs is 1. The molecule has 0 radical (unpaired) electrons. The molecule has 0 fully saturated rings. The second-order valence-corrected chi connectivity index (χ2v) is 9.80. The summed E-state index contributed by atoms with van der Waals surface area (Å²) in [4.78, 5) is 9.77. The van der Waals surface area contributed by atoms with Crippen LogP contribution in [0.3, 0.4) is 0 Å². The van der Waals surface area contributed by atoms with E-state index in [-0.39, 0.29) is 24.0 Å². The van der Waals surface area contributed by atoms with E-state index in [0.29, 0.717) is 11.6 Å². The fourth-order valence-corrected chi connectivity index (χ4v) is 5.57. The minimum absolute atomic E-state index is 0.0751. The summed E-state index contributed by atoms with van der Waals surface area (Å²) in [6.07, 6.45) is -2.12. The summed E-state index contributed by atoms with van der Waals surface area (Å²) in [6.45, 7) is 0. The summed E-state index contributed by atoms with van der Waals surface area (Å²) >= 11 is 0. The first kappa shape index (κ1) is 24.6. The lowest BCUT2D eigenvalue weighted by Crippen LogP contribution is -2.36. The number of hydrogen-bond donors (Lipinski definition) is 2. The summed E-state index contributed by atoms with van der Waals surface area (Å²) in [5, 5.41) is 8.76. The Balaban J connectivity index is 1.62. The van der Waals surface area contributed by atoms with Gasteiger partial charge in [-0.05, 0) is 59.4 Å². The van der Waals surface area contributed by atoms with Crippen molar-refractivity contribution < 1.29 is 35.9 Å². The van der Waals surface area contributed by atoms with Gasteiger partial charge in [-0.25, -0.2) is 22.3 Å².